The molecule has 0 saturated carbocycles. The van der Waals surface area contributed by atoms with Gasteiger partial charge in [-0.3, -0.25) is 9.69 Å². The molecule has 0 aromatic heterocycles. The topological polar surface area (TPSA) is 42.0 Å². The van der Waals surface area contributed by atoms with Gasteiger partial charge in [-0.1, -0.05) is 36.4 Å². The summed E-state index contributed by atoms with van der Waals surface area (Å²) in [5.74, 6) is 1.27. The molecule has 5 nitrogen and oxygen atoms in total. The van der Waals surface area contributed by atoms with Crippen molar-refractivity contribution in [1.29, 1.82) is 0 Å². The average Bonchev–Trinajstić information content (AvgIpc) is 2.94. The third kappa shape index (κ3) is 5.23. The molecule has 0 spiro atoms. The van der Waals surface area contributed by atoms with Crippen molar-refractivity contribution in [2.45, 2.75) is 19.9 Å². The number of nitrogens with zero attached hydrogens (tertiary/aromatic N) is 2. The molecule has 1 fully saturated rings. The second-order valence-corrected chi connectivity index (χ2v) is 6.88. The highest BCUT2D eigenvalue weighted by Gasteiger charge is 2.20. The zero-order valence-corrected chi connectivity index (χ0v) is 16.2. The molecular weight excluding hydrogens is 340 g/mol. The zero-order valence-electron chi connectivity index (χ0n) is 16.2. The van der Waals surface area contributed by atoms with E-state index >= 15 is 0 Å². The molecule has 0 atom stereocenters. The number of amides is 1. The van der Waals surface area contributed by atoms with Gasteiger partial charge in [0.1, 0.15) is 0 Å². The molecule has 144 valence electrons. The minimum atomic E-state index is 0.0265. The van der Waals surface area contributed by atoms with Crippen LogP contribution in [-0.4, -0.2) is 55.6 Å². The molecule has 0 bridgehead atoms. The number of aryl methyl sites for hydroxylation is 1. The molecule has 5 heteroatoms. The van der Waals surface area contributed by atoms with E-state index in [1.165, 1.54) is 11.1 Å². The van der Waals surface area contributed by atoms with Crippen molar-refractivity contribution >= 4 is 5.91 Å². The molecule has 3 rings (SSSR count). The second kappa shape index (κ2) is 9.42. The highest BCUT2D eigenvalue weighted by Crippen LogP contribution is 2.25. The predicted molar refractivity (Wildman–Crippen MR) is 106 cm³/mol. The van der Waals surface area contributed by atoms with Crippen molar-refractivity contribution < 1.29 is 14.3 Å². The first-order chi connectivity index (χ1) is 13.2. The molecule has 0 aliphatic carbocycles. The predicted octanol–water partition coefficient (Wildman–Crippen LogP) is 3.12. The summed E-state index contributed by atoms with van der Waals surface area (Å²) in [7, 11) is 1.60. The van der Waals surface area contributed by atoms with Gasteiger partial charge in [-0.05, 0) is 36.6 Å². The van der Waals surface area contributed by atoms with Gasteiger partial charge in [-0.15, -0.1) is 0 Å². The number of hydrogen-bond acceptors (Lipinski definition) is 4. The van der Waals surface area contributed by atoms with Gasteiger partial charge in [-0.25, -0.2) is 0 Å². The fraction of sp³-hybridized carbons (Fsp3) is 0.409. The number of hydrogen-bond donors (Lipinski definition) is 0. The van der Waals surface area contributed by atoms with Crippen molar-refractivity contribution in [1.82, 2.24) is 9.80 Å². The first kappa shape index (κ1) is 19.2. The van der Waals surface area contributed by atoms with Crippen molar-refractivity contribution in [3.8, 4) is 11.5 Å². The summed E-state index contributed by atoms with van der Waals surface area (Å²) >= 11 is 0. The Bertz CT molecular complexity index is 763. The lowest BCUT2D eigenvalue weighted by molar-refractivity contribution is -0.133. The summed E-state index contributed by atoms with van der Waals surface area (Å²) in [6.07, 6.45) is 0.978. The lowest BCUT2D eigenvalue weighted by Gasteiger charge is -2.23. The number of ether oxygens (including phenoxy) is 2. The molecule has 1 aliphatic heterocycles. The number of para-hydroxylation sites is 2. The Labute approximate surface area is 161 Å². The quantitative estimate of drug-likeness (QED) is 0.786. The molecule has 1 amide bonds. The van der Waals surface area contributed by atoms with Gasteiger partial charge in [0, 0.05) is 32.7 Å². The van der Waals surface area contributed by atoms with E-state index in [4.69, 9.17) is 9.47 Å². The Balaban J connectivity index is 1.51. The Morgan fingerprint density at radius 2 is 1.70 bits per heavy atom. The van der Waals surface area contributed by atoms with Gasteiger partial charge >= 0.3 is 0 Å². The minimum absolute atomic E-state index is 0.0265. The van der Waals surface area contributed by atoms with E-state index in [0.717, 1.165) is 39.1 Å². The van der Waals surface area contributed by atoms with Crippen LogP contribution in [0, 0.1) is 6.92 Å². The summed E-state index contributed by atoms with van der Waals surface area (Å²) in [5.41, 5.74) is 2.68. The maximum atomic E-state index is 12.6. The van der Waals surface area contributed by atoms with Gasteiger partial charge in [0.25, 0.3) is 5.91 Å². The lowest BCUT2D eigenvalue weighted by atomic mass is 10.1. The smallest absolute Gasteiger partial charge is 0.260 e. The van der Waals surface area contributed by atoms with E-state index in [1.807, 2.05) is 29.2 Å². The number of carbonyl (C=O) groups excluding carboxylic acids is 1. The summed E-state index contributed by atoms with van der Waals surface area (Å²) in [5, 5.41) is 0. The van der Waals surface area contributed by atoms with Crippen LogP contribution in [-0.2, 0) is 11.3 Å². The van der Waals surface area contributed by atoms with E-state index in [2.05, 4.69) is 36.1 Å². The summed E-state index contributed by atoms with van der Waals surface area (Å²) in [6, 6.07) is 15.9. The van der Waals surface area contributed by atoms with Crippen LogP contribution in [0.1, 0.15) is 17.5 Å². The molecule has 27 heavy (non-hydrogen) atoms. The number of carbonyl (C=O) groups is 1. The highest BCUT2D eigenvalue weighted by molar-refractivity contribution is 5.77. The van der Waals surface area contributed by atoms with E-state index in [1.54, 1.807) is 7.11 Å². The standard InChI is InChI=1S/C22H28N2O3/c1-18-8-3-4-9-19(18)16-23-12-7-13-24(15-14-23)22(25)17-27-21-11-6-5-10-20(21)26-2/h3-6,8-11H,7,12-17H2,1-2H3. The van der Waals surface area contributed by atoms with Crippen LogP contribution in [0.25, 0.3) is 0 Å². The third-order valence-electron chi connectivity index (χ3n) is 5.02. The monoisotopic (exact) mass is 368 g/mol. The minimum Gasteiger partial charge on any atom is -0.493 e. The fourth-order valence-electron chi connectivity index (χ4n) is 3.38. The first-order valence-corrected chi connectivity index (χ1v) is 9.48. The Hall–Kier alpha value is -2.53. The molecule has 2 aromatic rings. The van der Waals surface area contributed by atoms with Gasteiger partial charge < -0.3 is 14.4 Å². The van der Waals surface area contributed by atoms with Gasteiger partial charge in [0.15, 0.2) is 18.1 Å². The van der Waals surface area contributed by atoms with E-state index in [-0.39, 0.29) is 12.5 Å². The molecular formula is C22H28N2O3. The van der Waals surface area contributed by atoms with Crippen LogP contribution in [0.2, 0.25) is 0 Å². The first-order valence-electron chi connectivity index (χ1n) is 9.48. The Morgan fingerprint density at radius 3 is 2.48 bits per heavy atom. The van der Waals surface area contributed by atoms with Crippen LogP contribution < -0.4 is 9.47 Å². The number of benzene rings is 2. The molecule has 0 unspecified atom stereocenters. The van der Waals surface area contributed by atoms with Crippen LogP contribution in [0.3, 0.4) is 0 Å². The Morgan fingerprint density at radius 1 is 0.963 bits per heavy atom. The molecule has 2 aromatic carbocycles. The largest absolute Gasteiger partial charge is 0.493 e. The molecule has 1 aliphatic rings. The second-order valence-electron chi connectivity index (χ2n) is 6.88. The summed E-state index contributed by atoms with van der Waals surface area (Å²) in [6.45, 7) is 6.53. The summed E-state index contributed by atoms with van der Waals surface area (Å²) in [4.78, 5) is 16.9. The molecule has 1 heterocycles. The van der Waals surface area contributed by atoms with Crippen LogP contribution in [0.5, 0.6) is 11.5 Å². The van der Waals surface area contributed by atoms with Gasteiger partial charge in [0.05, 0.1) is 7.11 Å². The summed E-state index contributed by atoms with van der Waals surface area (Å²) < 4.78 is 11.0. The van der Waals surface area contributed by atoms with E-state index in [9.17, 15) is 4.79 Å². The van der Waals surface area contributed by atoms with Crippen molar-refractivity contribution in [2.75, 3.05) is 39.9 Å². The van der Waals surface area contributed by atoms with Crippen LogP contribution in [0.4, 0.5) is 0 Å². The maximum Gasteiger partial charge on any atom is 0.260 e. The SMILES string of the molecule is COc1ccccc1OCC(=O)N1CCCN(Cc2ccccc2C)CC1. The highest BCUT2D eigenvalue weighted by atomic mass is 16.5. The van der Waals surface area contributed by atoms with Gasteiger partial charge in [-0.2, -0.15) is 0 Å². The van der Waals surface area contributed by atoms with E-state index in [0.29, 0.717) is 11.5 Å². The van der Waals surface area contributed by atoms with Crippen LogP contribution >= 0.6 is 0 Å². The van der Waals surface area contributed by atoms with Crippen molar-refractivity contribution in [3.63, 3.8) is 0 Å². The lowest BCUT2D eigenvalue weighted by Crippen LogP contribution is -2.38. The molecule has 1 saturated heterocycles. The maximum absolute atomic E-state index is 12.6. The zero-order chi connectivity index (χ0) is 19.1. The molecule has 0 radical (unpaired) electrons. The van der Waals surface area contributed by atoms with Gasteiger partial charge in [0.2, 0.25) is 0 Å². The fourth-order valence-corrected chi connectivity index (χ4v) is 3.38. The van der Waals surface area contributed by atoms with Crippen molar-refractivity contribution in [3.05, 3.63) is 59.7 Å². The van der Waals surface area contributed by atoms with E-state index < -0.39 is 0 Å². The van der Waals surface area contributed by atoms with Crippen LogP contribution in [0.15, 0.2) is 48.5 Å². The average molecular weight is 368 g/mol. The third-order valence-corrected chi connectivity index (χ3v) is 5.02. The normalized spacial score (nSPS) is 15.3. The van der Waals surface area contributed by atoms with Crippen molar-refractivity contribution in [2.24, 2.45) is 0 Å². The number of rotatable bonds is 6. The number of methoxy groups -OCH3 is 1. The molecule has 0 N–H and O–H groups in total. The Kier molecular flexibility index (Phi) is 6.71.